The molecule has 2 heterocycles. The molecule has 76 valence electrons. The molecule has 4 heteroatoms. The van der Waals surface area contributed by atoms with E-state index in [4.69, 9.17) is 0 Å². The standard InChI is InChI=1S/C11H9FN2S/c12-9-3-1-8(2-4-9)10-7-15-11-13-5-6-14(10)11/h1-4,7H,5-6H2/p+1. The third kappa shape index (κ3) is 1.41. The van der Waals surface area contributed by atoms with Crippen LogP contribution in [-0.2, 0) is 6.54 Å². The summed E-state index contributed by atoms with van der Waals surface area (Å²) >= 11 is 1.70. The molecule has 0 atom stereocenters. The van der Waals surface area contributed by atoms with E-state index in [9.17, 15) is 4.39 Å². The molecule has 0 spiro atoms. The van der Waals surface area contributed by atoms with E-state index in [2.05, 4.69) is 15.3 Å². The number of anilines is 1. The number of nitrogens with zero attached hydrogens (tertiary/aromatic N) is 1. The fraction of sp³-hybridized carbons (Fsp3) is 0.182. The molecule has 1 aliphatic heterocycles. The average molecular weight is 221 g/mol. The van der Waals surface area contributed by atoms with Crippen LogP contribution in [0.2, 0.25) is 0 Å². The van der Waals surface area contributed by atoms with Crippen LogP contribution in [0.25, 0.3) is 11.3 Å². The maximum absolute atomic E-state index is 12.8. The summed E-state index contributed by atoms with van der Waals surface area (Å²) in [6.07, 6.45) is 0. The van der Waals surface area contributed by atoms with Gasteiger partial charge in [0.2, 0.25) is 0 Å². The van der Waals surface area contributed by atoms with Gasteiger partial charge in [0.05, 0.1) is 0 Å². The zero-order valence-corrected chi connectivity index (χ0v) is 8.85. The molecular formula is C11H10FN2S+. The minimum atomic E-state index is -0.186. The van der Waals surface area contributed by atoms with Crippen LogP contribution < -0.4 is 9.88 Å². The first-order chi connectivity index (χ1) is 7.34. The number of nitrogens with one attached hydrogen (secondary N) is 1. The maximum atomic E-state index is 12.8. The van der Waals surface area contributed by atoms with E-state index in [0.717, 1.165) is 18.7 Å². The van der Waals surface area contributed by atoms with Crippen LogP contribution in [0.3, 0.4) is 0 Å². The van der Waals surface area contributed by atoms with Crippen LogP contribution in [0.1, 0.15) is 0 Å². The number of halogens is 1. The highest BCUT2D eigenvalue weighted by Gasteiger charge is 2.23. The molecule has 1 N–H and O–H groups in total. The van der Waals surface area contributed by atoms with Gasteiger partial charge in [0, 0.05) is 10.9 Å². The molecule has 0 aliphatic carbocycles. The normalized spacial score (nSPS) is 13.7. The van der Waals surface area contributed by atoms with Crippen molar-refractivity contribution in [3.05, 3.63) is 35.5 Å². The Labute approximate surface area is 91.0 Å². The minimum absolute atomic E-state index is 0.186. The van der Waals surface area contributed by atoms with Gasteiger partial charge in [-0.1, -0.05) is 11.3 Å². The van der Waals surface area contributed by atoms with Crippen molar-refractivity contribution in [3.63, 3.8) is 0 Å². The van der Waals surface area contributed by atoms with E-state index in [1.165, 1.54) is 23.0 Å². The van der Waals surface area contributed by atoms with Gasteiger partial charge in [-0.15, -0.1) is 0 Å². The van der Waals surface area contributed by atoms with E-state index >= 15 is 0 Å². The van der Waals surface area contributed by atoms with Gasteiger partial charge < -0.3 is 0 Å². The van der Waals surface area contributed by atoms with Gasteiger partial charge >= 0.3 is 5.13 Å². The number of thiazole rings is 1. The Morgan fingerprint density at radius 3 is 2.87 bits per heavy atom. The first kappa shape index (κ1) is 8.85. The van der Waals surface area contributed by atoms with Crippen molar-refractivity contribution in [2.24, 2.45) is 0 Å². The molecule has 2 nitrogen and oxygen atoms in total. The second-order valence-electron chi connectivity index (χ2n) is 3.51. The zero-order chi connectivity index (χ0) is 10.3. The van der Waals surface area contributed by atoms with Crippen LogP contribution in [0.15, 0.2) is 29.6 Å². The van der Waals surface area contributed by atoms with Crippen molar-refractivity contribution in [3.8, 4) is 11.3 Å². The largest absolute Gasteiger partial charge is 0.334 e. The summed E-state index contributed by atoms with van der Waals surface area (Å²) in [4.78, 5) is 0. The molecule has 1 aromatic carbocycles. The molecule has 0 fully saturated rings. The van der Waals surface area contributed by atoms with Gasteiger partial charge in [0.1, 0.15) is 24.6 Å². The van der Waals surface area contributed by atoms with Crippen LogP contribution in [0.4, 0.5) is 9.52 Å². The summed E-state index contributed by atoms with van der Waals surface area (Å²) in [7, 11) is 0. The predicted octanol–water partition coefficient (Wildman–Crippen LogP) is 2.27. The second kappa shape index (κ2) is 3.31. The molecule has 0 bridgehead atoms. The van der Waals surface area contributed by atoms with Crippen molar-refractivity contribution in [1.29, 1.82) is 0 Å². The van der Waals surface area contributed by atoms with Crippen LogP contribution >= 0.6 is 11.3 Å². The number of rotatable bonds is 1. The van der Waals surface area contributed by atoms with Gasteiger partial charge in [0.25, 0.3) is 0 Å². The molecule has 15 heavy (non-hydrogen) atoms. The fourth-order valence-electron chi connectivity index (χ4n) is 1.83. The Balaban J connectivity index is 2.09. The van der Waals surface area contributed by atoms with Gasteiger partial charge in [-0.2, -0.15) is 0 Å². The van der Waals surface area contributed by atoms with Gasteiger partial charge in [-0.25, -0.2) is 8.96 Å². The minimum Gasteiger partial charge on any atom is -0.261 e. The Morgan fingerprint density at radius 2 is 2.07 bits per heavy atom. The van der Waals surface area contributed by atoms with Gasteiger partial charge in [0.15, 0.2) is 0 Å². The molecule has 1 aliphatic rings. The fourth-order valence-corrected chi connectivity index (χ4v) is 2.82. The number of benzene rings is 1. The quantitative estimate of drug-likeness (QED) is 0.730. The number of hydrogen-bond donors (Lipinski definition) is 1. The lowest BCUT2D eigenvalue weighted by molar-refractivity contribution is -0.655. The Morgan fingerprint density at radius 1 is 1.27 bits per heavy atom. The zero-order valence-electron chi connectivity index (χ0n) is 8.03. The van der Waals surface area contributed by atoms with Crippen molar-refractivity contribution in [2.75, 3.05) is 11.9 Å². The molecule has 0 amide bonds. The van der Waals surface area contributed by atoms with Crippen LogP contribution in [0, 0.1) is 5.82 Å². The third-order valence-corrected chi connectivity index (χ3v) is 3.50. The van der Waals surface area contributed by atoms with E-state index in [1.807, 2.05) is 12.1 Å². The summed E-state index contributed by atoms with van der Waals surface area (Å²) in [5.41, 5.74) is 2.24. The van der Waals surface area contributed by atoms with E-state index in [0.29, 0.717) is 0 Å². The van der Waals surface area contributed by atoms with Crippen molar-refractivity contribution < 1.29 is 8.96 Å². The molecule has 3 rings (SSSR count). The van der Waals surface area contributed by atoms with E-state index in [1.54, 1.807) is 11.3 Å². The molecule has 2 aromatic rings. The lowest BCUT2D eigenvalue weighted by atomic mass is 10.2. The summed E-state index contributed by atoms with van der Waals surface area (Å²) in [6.45, 7) is 1.98. The highest BCUT2D eigenvalue weighted by atomic mass is 32.1. The number of aromatic nitrogens is 1. The summed E-state index contributed by atoms with van der Waals surface area (Å²) in [5.74, 6) is -0.186. The lowest BCUT2D eigenvalue weighted by Crippen LogP contribution is -2.30. The van der Waals surface area contributed by atoms with Crippen molar-refractivity contribution >= 4 is 16.5 Å². The first-order valence-corrected chi connectivity index (χ1v) is 5.74. The summed E-state index contributed by atoms with van der Waals surface area (Å²) in [6, 6.07) is 6.65. The lowest BCUT2D eigenvalue weighted by Gasteiger charge is -1.98. The smallest absolute Gasteiger partial charge is 0.261 e. The topological polar surface area (TPSA) is 15.9 Å². The SMILES string of the molecule is Fc1ccc(-c2csc3[n+]2CCN3)cc1. The van der Waals surface area contributed by atoms with Gasteiger partial charge in [-0.05, 0) is 24.3 Å². The number of hydrogen-bond acceptors (Lipinski definition) is 2. The Bertz CT molecular complexity index is 490. The Kier molecular flexibility index (Phi) is 1.95. The highest BCUT2D eigenvalue weighted by molar-refractivity contribution is 7.13. The maximum Gasteiger partial charge on any atom is 0.334 e. The third-order valence-electron chi connectivity index (χ3n) is 2.57. The van der Waals surface area contributed by atoms with E-state index < -0.39 is 0 Å². The number of fused-ring (bicyclic) bond motifs is 1. The monoisotopic (exact) mass is 221 g/mol. The predicted molar refractivity (Wildman–Crippen MR) is 58.4 cm³/mol. The van der Waals surface area contributed by atoms with E-state index in [-0.39, 0.29) is 5.82 Å². The molecule has 1 aromatic heterocycles. The summed E-state index contributed by atoms with van der Waals surface area (Å²) < 4.78 is 15.0. The van der Waals surface area contributed by atoms with Gasteiger partial charge in [-0.3, -0.25) is 5.32 Å². The molecule has 0 saturated carbocycles. The molecular weight excluding hydrogens is 211 g/mol. The molecule has 0 unspecified atom stereocenters. The van der Waals surface area contributed by atoms with Crippen molar-refractivity contribution in [2.45, 2.75) is 6.54 Å². The highest BCUT2D eigenvalue weighted by Crippen LogP contribution is 2.25. The first-order valence-electron chi connectivity index (χ1n) is 4.86. The molecule has 0 saturated heterocycles. The average Bonchev–Trinajstić information content (AvgIpc) is 2.80. The molecule has 0 radical (unpaired) electrons. The van der Waals surface area contributed by atoms with Crippen LogP contribution in [0.5, 0.6) is 0 Å². The van der Waals surface area contributed by atoms with Crippen molar-refractivity contribution in [1.82, 2.24) is 0 Å². The Hall–Kier alpha value is -1.42. The summed E-state index contributed by atoms with van der Waals surface area (Å²) in [5, 5.41) is 6.60. The van der Waals surface area contributed by atoms with Crippen LogP contribution in [-0.4, -0.2) is 6.54 Å². The second-order valence-corrected chi connectivity index (χ2v) is 4.37.